The number of benzene rings is 1. The van der Waals surface area contributed by atoms with Gasteiger partial charge in [0.1, 0.15) is 0 Å². The molecule has 0 aliphatic rings. The molecule has 0 saturated heterocycles. The summed E-state index contributed by atoms with van der Waals surface area (Å²) in [6.45, 7) is 0.356. The number of aromatic nitrogens is 1. The van der Waals surface area contributed by atoms with Crippen LogP contribution in [0.15, 0.2) is 42.6 Å². The van der Waals surface area contributed by atoms with Gasteiger partial charge in [0.15, 0.2) is 0 Å². The molecule has 2 nitrogen and oxygen atoms in total. The van der Waals surface area contributed by atoms with E-state index >= 15 is 0 Å². The number of rotatable bonds is 2. The minimum Gasteiger partial charge on any atom is -0.326 e. The summed E-state index contributed by atoms with van der Waals surface area (Å²) in [7, 11) is 0. The third-order valence-electron chi connectivity index (χ3n) is 2.58. The molecule has 2 aromatic rings. The van der Waals surface area contributed by atoms with Gasteiger partial charge in [0.2, 0.25) is 0 Å². The number of hydrogen-bond donors (Lipinski definition) is 1. The average Bonchev–Trinajstić information content (AvgIpc) is 2.38. The first kappa shape index (κ1) is 12.6. The highest BCUT2D eigenvalue weighted by atomic mass is 19.4. The van der Waals surface area contributed by atoms with Crippen molar-refractivity contribution in [3.05, 3.63) is 53.7 Å². The fraction of sp³-hybridized carbons (Fsp3) is 0.154. The molecule has 1 aromatic carbocycles. The van der Waals surface area contributed by atoms with Crippen molar-refractivity contribution in [2.75, 3.05) is 0 Å². The third-order valence-corrected chi connectivity index (χ3v) is 2.58. The summed E-state index contributed by atoms with van der Waals surface area (Å²) < 4.78 is 38.5. The molecule has 0 atom stereocenters. The van der Waals surface area contributed by atoms with Crippen LogP contribution in [-0.2, 0) is 12.7 Å². The van der Waals surface area contributed by atoms with E-state index in [-0.39, 0.29) is 5.69 Å². The van der Waals surface area contributed by atoms with Crippen LogP contribution in [0.3, 0.4) is 0 Å². The zero-order valence-corrected chi connectivity index (χ0v) is 9.41. The highest BCUT2D eigenvalue weighted by molar-refractivity contribution is 5.63. The van der Waals surface area contributed by atoms with Gasteiger partial charge in [-0.15, -0.1) is 0 Å². The van der Waals surface area contributed by atoms with Crippen LogP contribution in [0, 0.1) is 0 Å². The van der Waals surface area contributed by atoms with Crippen molar-refractivity contribution in [3.8, 4) is 11.3 Å². The van der Waals surface area contributed by atoms with Gasteiger partial charge < -0.3 is 5.73 Å². The van der Waals surface area contributed by atoms with E-state index in [0.29, 0.717) is 12.1 Å². The molecule has 94 valence electrons. The van der Waals surface area contributed by atoms with E-state index in [2.05, 4.69) is 4.98 Å². The lowest BCUT2D eigenvalue weighted by molar-refractivity contribution is -0.137. The first-order chi connectivity index (χ1) is 8.52. The highest BCUT2D eigenvalue weighted by Crippen LogP contribution is 2.35. The molecule has 2 rings (SSSR count). The second-order valence-corrected chi connectivity index (χ2v) is 3.80. The van der Waals surface area contributed by atoms with Gasteiger partial charge >= 0.3 is 6.18 Å². The van der Waals surface area contributed by atoms with Crippen molar-refractivity contribution in [2.45, 2.75) is 12.7 Å². The van der Waals surface area contributed by atoms with Crippen LogP contribution < -0.4 is 5.73 Å². The van der Waals surface area contributed by atoms with E-state index in [1.54, 1.807) is 24.3 Å². The van der Waals surface area contributed by atoms with Crippen molar-refractivity contribution >= 4 is 0 Å². The minimum absolute atomic E-state index is 0.0615. The number of nitrogens with two attached hydrogens (primary N) is 1. The fourth-order valence-corrected chi connectivity index (χ4v) is 1.66. The molecule has 0 spiro atoms. The number of pyridine rings is 1. The summed E-state index contributed by atoms with van der Waals surface area (Å²) in [5.74, 6) is 0. The molecular weight excluding hydrogens is 241 g/mol. The third kappa shape index (κ3) is 2.51. The van der Waals surface area contributed by atoms with E-state index in [0.717, 1.165) is 11.6 Å². The lowest BCUT2D eigenvalue weighted by Gasteiger charge is -2.11. The Morgan fingerprint density at radius 1 is 1.06 bits per heavy atom. The summed E-state index contributed by atoms with van der Waals surface area (Å²) in [6, 6.07) is 8.90. The quantitative estimate of drug-likeness (QED) is 0.891. The fourth-order valence-electron chi connectivity index (χ4n) is 1.66. The summed E-state index contributed by atoms with van der Waals surface area (Å²) in [4.78, 5) is 3.82. The number of halogens is 3. The Kier molecular flexibility index (Phi) is 3.34. The number of nitrogens with zero attached hydrogens (tertiary/aromatic N) is 1. The van der Waals surface area contributed by atoms with Crippen molar-refractivity contribution in [3.63, 3.8) is 0 Å². The van der Waals surface area contributed by atoms with Crippen LogP contribution >= 0.6 is 0 Å². The normalized spacial score (nSPS) is 11.6. The lowest BCUT2D eigenvalue weighted by atomic mass is 10.0. The lowest BCUT2D eigenvalue weighted by Crippen LogP contribution is -2.08. The van der Waals surface area contributed by atoms with Gasteiger partial charge in [-0.2, -0.15) is 13.2 Å². The Bertz CT molecular complexity index is 533. The molecule has 0 saturated carbocycles. The topological polar surface area (TPSA) is 38.9 Å². The second-order valence-electron chi connectivity index (χ2n) is 3.80. The van der Waals surface area contributed by atoms with Crippen LogP contribution in [0.25, 0.3) is 11.3 Å². The van der Waals surface area contributed by atoms with Gasteiger partial charge in [0, 0.05) is 18.3 Å². The van der Waals surface area contributed by atoms with E-state index in [9.17, 15) is 13.2 Å². The Labute approximate surface area is 102 Å². The maximum absolute atomic E-state index is 12.8. The predicted molar refractivity (Wildman–Crippen MR) is 62.6 cm³/mol. The molecular formula is C13H11F3N2. The summed E-state index contributed by atoms with van der Waals surface area (Å²) in [6.07, 6.45) is -3.06. The first-order valence-electron chi connectivity index (χ1n) is 5.34. The molecule has 2 N–H and O–H groups in total. The second kappa shape index (κ2) is 4.78. The molecule has 1 aromatic heterocycles. The largest absolute Gasteiger partial charge is 0.418 e. The van der Waals surface area contributed by atoms with Crippen molar-refractivity contribution in [1.82, 2.24) is 4.98 Å². The molecule has 0 bridgehead atoms. The van der Waals surface area contributed by atoms with Gasteiger partial charge in [0.25, 0.3) is 0 Å². The maximum atomic E-state index is 12.8. The van der Waals surface area contributed by atoms with Gasteiger partial charge in [0.05, 0.1) is 11.3 Å². The Hall–Kier alpha value is -1.88. The maximum Gasteiger partial charge on any atom is 0.418 e. The molecule has 0 aliphatic heterocycles. The van der Waals surface area contributed by atoms with E-state index in [1.165, 1.54) is 12.3 Å². The first-order valence-corrected chi connectivity index (χ1v) is 5.34. The molecule has 0 unspecified atom stereocenters. The Balaban J connectivity index is 2.50. The van der Waals surface area contributed by atoms with Gasteiger partial charge in [-0.3, -0.25) is 4.98 Å². The molecule has 0 amide bonds. The van der Waals surface area contributed by atoms with Gasteiger partial charge in [-0.05, 0) is 17.7 Å². The van der Waals surface area contributed by atoms with Crippen LogP contribution in [0.2, 0.25) is 0 Å². The summed E-state index contributed by atoms with van der Waals surface area (Å²) >= 11 is 0. The molecule has 5 heteroatoms. The standard InChI is InChI=1S/C13H11F3N2/c14-13(15,16)11-2-1-7-18-12(11)10-5-3-9(8-17)4-6-10/h1-7H,8,17H2. The van der Waals surface area contributed by atoms with Crippen LogP contribution in [0.4, 0.5) is 13.2 Å². The summed E-state index contributed by atoms with van der Waals surface area (Å²) in [5, 5.41) is 0. The Morgan fingerprint density at radius 3 is 2.28 bits per heavy atom. The monoisotopic (exact) mass is 252 g/mol. The molecule has 0 fully saturated rings. The van der Waals surface area contributed by atoms with Gasteiger partial charge in [-0.1, -0.05) is 24.3 Å². The molecule has 18 heavy (non-hydrogen) atoms. The number of hydrogen-bond acceptors (Lipinski definition) is 2. The van der Waals surface area contributed by atoms with Crippen molar-refractivity contribution < 1.29 is 13.2 Å². The average molecular weight is 252 g/mol. The molecule has 1 heterocycles. The zero-order valence-electron chi connectivity index (χ0n) is 9.41. The van der Waals surface area contributed by atoms with E-state index in [4.69, 9.17) is 5.73 Å². The Morgan fingerprint density at radius 2 is 1.72 bits per heavy atom. The minimum atomic E-state index is -4.41. The van der Waals surface area contributed by atoms with Crippen LogP contribution in [0.5, 0.6) is 0 Å². The highest BCUT2D eigenvalue weighted by Gasteiger charge is 2.34. The van der Waals surface area contributed by atoms with E-state index < -0.39 is 11.7 Å². The molecule has 0 radical (unpaired) electrons. The summed E-state index contributed by atoms with van der Waals surface area (Å²) in [5.41, 5.74) is 5.94. The van der Waals surface area contributed by atoms with Crippen LogP contribution in [-0.4, -0.2) is 4.98 Å². The van der Waals surface area contributed by atoms with Crippen molar-refractivity contribution in [2.24, 2.45) is 5.73 Å². The smallest absolute Gasteiger partial charge is 0.326 e. The van der Waals surface area contributed by atoms with E-state index in [1.807, 2.05) is 0 Å². The predicted octanol–water partition coefficient (Wildman–Crippen LogP) is 3.23. The molecule has 0 aliphatic carbocycles. The number of alkyl halides is 3. The SMILES string of the molecule is NCc1ccc(-c2ncccc2C(F)(F)F)cc1. The van der Waals surface area contributed by atoms with Crippen molar-refractivity contribution in [1.29, 1.82) is 0 Å². The van der Waals surface area contributed by atoms with Gasteiger partial charge in [-0.25, -0.2) is 0 Å². The van der Waals surface area contributed by atoms with Crippen LogP contribution in [0.1, 0.15) is 11.1 Å². The zero-order chi connectivity index (χ0) is 13.2.